The number of ether oxygens (including phenoxy) is 1. The van der Waals surface area contributed by atoms with Gasteiger partial charge >= 0.3 is 0 Å². The average Bonchev–Trinajstić information content (AvgIpc) is 2.89. The third-order valence-corrected chi connectivity index (χ3v) is 4.04. The largest absolute Gasteiger partial charge is 0.372 e. The smallest absolute Gasteiger partial charge is 0.0725 e. The van der Waals surface area contributed by atoms with Crippen LogP contribution in [0, 0.1) is 0 Å². The molecule has 2 rings (SSSR count). The van der Waals surface area contributed by atoms with E-state index in [9.17, 15) is 0 Å². The van der Waals surface area contributed by atoms with Gasteiger partial charge in [0.25, 0.3) is 0 Å². The van der Waals surface area contributed by atoms with Gasteiger partial charge in [0.2, 0.25) is 0 Å². The molecule has 0 amide bonds. The lowest BCUT2D eigenvalue weighted by Crippen LogP contribution is -2.10. The van der Waals surface area contributed by atoms with Crippen molar-refractivity contribution in [2.75, 3.05) is 0 Å². The maximum Gasteiger partial charge on any atom is 0.0725 e. The molecule has 0 saturated heterocycles. The maximum absolute atomic E-state index is 6.29. The summed E-state index contributed by atoms with van der Waals surface area (Å²) < 4.78 is 5.44. The molecule has 0 bridgehead atoms. The normalized spacial score (nSPS) is 15.5. The highest BCUT2D eigenvalue weighted by Gasteiger charge is 2.13. The average molecular weight is 261 g/mol. The minimum atomic E-state index is 0.192. The molecule has 1 aliphatic rings. The van der Waals surface area contributed by atoms with Crippen LogP contribution in [0.15, 0.2) is 18.2 Å². The van der Waals surface area contributed by atoms with Crippen molar-refractivity contribution in [2.24, 2.45) is 5.73 Å². The quantitative estimate of drug-likeness (QED) is 0.701. The van der Waals surface area contributed by atoms with Crippen LogP contribution in [0.2, 0.25) is 0 Å². The summed E-state index contributed by atoms with van der Waals surface area (Å²) >= 11 is 0. The van der Waals surface area contributed by atoms with Gasteiger partial charge in [-0.25, -0.2) is 0 Å². The zero-order valence-electron chi connectivity index (χ0n) is 12.2. The van der Waals surface area contributed by atoms with E-state index in [-0.39, 0.29) is 6.04 Å². The molecule has 1 aromatic rings. The SMILES string of the molecule is CCCCCCCCC(N)c1ccc2c(c1)COC2. The molecule has 1 atom stereocenters. The lowest BCUT2D eigenvalue weighted by Gasteiger charge is -2.13. The van der Waals surface area contributed by atoms with Crippen molar-refractivity contribution in [1.29, 1.82) is 0 Å². The molecule has 0 aliphatic carbocycles. The molecule has 0 radical (unpaired) electrons. The van der Waals surface area contributed by atoms with E-state index in [1.165, 1.54) is 55.2 Å². The lowest BCUT2D eigenvalue weighted by atomic mass is 9.97. The molecule has 1 aliphatic heterocycles. The van der Waals surface area contributed by atoms with Crippen molar-refractivity contribution in [3.05, 3.63) is 34.9 Å². The van der Waals surface area contributed by atoms with Gasteiger partial charge in [0.1, 0.15) is 0 Å². The fraction of sp³-hybridized carbons (Fsp3) is 0.647. The third-order valence-electron chi connectivity index (χ3n) is 4.04. The van der Waals surface area contributed by atoms with Crippen LogP contribution in [0.5, 0.6) is 0 Å². The summed E-state index contributed by atoms with van der Waals surface area (Å²) in [7, 11) is 0. The molecule has 0 spiro atoms. The Morgan fingerprint density at radius 1 is 1.05 bits per heavy atom. The van der Waals surface area contributed by atoms with Crippen molar-refractivity contribution in [3.8, 4) is 0 Å². The Morgan fingerprint density at radius 3 is 2.63 bits per heavy atom. The van der Waals surface area contributed by atoms with E-state index in [0.717, 1.165) is 19.6 Å². The second kappa shape index (κ2) is 7.66. The summed E-state index contributed by atoms with van der Waals surface area (Å²) in [6, 6.07) is 6.79. The molecule has 2 N–H and O–H groups in total. The maximum atomic E-state index is 6.29. The highest BCUT2D eigenvalue weighted by atomic mass is 16.5. The molecular formula is C17H27NO. The number of rotatable bonds is 8. The van der Waals surface area contributed by atoms with Crippen LogP contribution in [0.4, 0.5) is 0 Å². The van der Waals surface area contributed by atoms with Crippen molar-refractivity contribution < 1.29 is 4.74 Å². The Bertz CT molecular complexity index is 389. The van der Waals surface area contributed by atoms with Gasteiger partial charge in [-0.3, -0.25) is 0 Å². The van der Waals surface area contributed by atoms with E-state index >= 15 is 0 Å². The lowest BCUT2D eigenvalue weighted by molar-refractivity contribution is 0.134. The molecular weight excluding hydrogens is 234 g/mol. The highest BCUT2D eigenvalue weighted by molar-refractivity contribution is 5.34. The summed E-state index contributed by atoms with van der Waals surface area (Å²) in [5, 5.41) is 0. The molecule has 1 aromatic carbocycles. The Hall–Kier alpha value is -0.860. The van der Waals surface area contributed by atoms with E-state index < -0.39 is 0 Å². The zero-order valence-corrected chi connectivity index (χ0v) is 12.2. The van der Waals surface area contributed by atoms with Crippen LogP contribution in [-0.4, -0.2) is 0 Å². The van der Waals surface area contributed by atoms with E-state index in [0.29, 0.717) is 0 Å². The third kappa shape index (κ3) is 4.32. The van der Waals surface area contributed by atoms with Gasteiger partial charge < -0.3 is 10.5 Å². The number of nitrogens with two attached hydrogens (primary N) is 1. The second-order valence-corrected chi connectivity index (χ2v) is 5.68. The Balaban J connectivity index is 1.72. The van der Waals surface area contributed by atoms with E-state index in [2.05, 4.69) is 25.1 Å². The number of fused-ring (bicyclic) bond motifs is 1. The van der Waals surface area contributed by atoms with Gasteiger partial charge in [0.15, 0.2) is 0 Å². The first-order chi connectivity index (χ1) is 9.31. The molecule has 106 valence electrons. The monoisotopic (exact) mass is 261 g/mol. The standard InChI is InChI=1S/C17H27NO/c1-2-3-4-5-6-7-8-17(18)14-9-10-15-12-19-13-16(15)11-14/h9-11,17H,2-8,12-13,18H2,1H3. The van der Waals surface area contributed by atoms with Gasteiger partial charge in [0.05, 0.1) is 13.2 Å². The van der Waals surface area contributed by atoms with Gasteiger partial charge in [-0.05, 0) is 23.1 Å². The van der Waals surface area contributed by atoms with E-state index in [1.807, 2.05) is 0 Å². The van der Waals surface area contributed by atoms with Crippen molar-refractivity contribution in [2.45, 2.75) is 71.1 Å². The van der Waals surface area contributed by atoms with Crippen LogP contribution in [0.1, 0.15) is 74.6 Å². The summed E-state index contributed by atoms with van der Waals surface area (Å²) in [5.41, 5.74) is 10.2. The Morgan fingerprint density at radius 2 is 1.79 bits per heavy atom. The van der Waals surface area contributed by atoms with Gasteiger partial charge in [-0.15, -0.1) is 0 Å². The molecule has 1 heterocycles. The summed E-state index contributed by atoms with van der Waals surface area (Å²) in [6.45, 7) is 3.78. The Kier molecular flexibility index (Phi) is 5.87. The van der Waals surface area contributed by atoms with Crippen LogP contribution in [-0.2, 0) is 18.0 Å². The summed E-state index contributed by atoms with van der Waals surface area (Å²) in [6.07, 6.45) is 9.10. The number of hydrogen-bond acceptors (Lipinski definition) is 2. The Labute approximate surface area is 117 Å². The predicted octanol–water partition coefficient (Wildman–Crippen LogP) is 4.47. The first-order valence-corrected chi connectivity index (χ1v) is 7.76. The molecule has 2 heteroatoms. The number of benzene rings is 1. The first-order valence-electron chi connectivity index (χ1n) is 7.76. The van der Waals surface area contributed by atoms with E-state index in [1.54, 1.807) is 0 Å². The molecule has 0 saturated carbocycles. The predicted molar refractivity (Wildman–Crippen MR) is 79.9 cm³/mol. The van der Waals surface area contributed by atoms with Gasteiger partial charge in [0, 0.05) is 6.04 Å². The summed E-state index contributed by atoms with van der Waals surface area (Å²) in [5.74, 6) is 0. The van der Waals surface area contributed by atoms with Crippen molar-refractivity contribution in [1.82, 2.24) is 0 Å². The fourth-order valence-corrected chi connectivity index (χ4v) is 2.73. The zero-order chi connectivity index (χ0) is 13.5. The molecule has 0 aromatic heterocycles. The molecule has 2 nitrogen and oxygen atoms in total. The molecule has 0 fully saturated rings. The molecule has 1 unspecified atom stereocenters. The second-order valence-electron chi connectivity index (χ2n) is 5.68. The van der Waals surface area contributed by atoms with E-state index in [4.69, 9.17) is 10.5 Å². The van der Waals surface area contributed by atoms with Crippen molar-refractivity contribution >= 4 is 0 Å². The van der Waals surface area contributed by atoms with Crippen LogP contribution in [0.3, 0.4) is 0 Å². The highest BCUT2D eigenvalue weighted by Crippen LogP contribution is 2.25. The number of unbranched alkanes of at least 4 members (excludes halogenated alkanes) is 5. The van der Waals surface area contributed by atoms with Crippen LogP contribution < -0.4 is 5.73 Å². The summed E-state index contributed by atoms with van der Waals surface area (Å²) in [4.78, 5) is 0. The number of hydrogen-bond donors (Lipinski definition) is 1. The van der Waals surface area contributed by atoms with Crippen LogP contribution >= 0.6 is 0 Å². The van der Waals surface area contributed by atoms with Gasteiger partial charge in [-0.2, -0.15) is 0 Å². The fourth-order valence-electron chi connectivity index (χ4n) is 2.73. The topological polar surface area (TPSA) is 35.2 Å². The molecule has 19 heavy (non-hydrogen) atoms. The first kappa shape index (κ1) is 14.5. The minimum absolute atomic E-state index is 0.192. The minimum Gasteiger partial charge on any atom is -0.372 e. The van der Waals surface area contributed by atoms with Crippen LogP contribution in [0.25, 0.3) is 0 Å². The van der Waals surface area contributed by atoms with Crippen molar-refractivity contribution in [3.63, 3.8) is 0 Å². The van der Waals surface area contributed by atoms with Gasteiger partial charge in [-0.1, -0.05) is 63.6 Å².